The fourth-order valence-electron chi connectivity index (χ4n) is 2.68. The summed E-state index contributed by atoms with van der Waals surface area (Å²) in [4.78, 5) is 14.3. The van der Waals surface area contributed by atoms with Crippen LogP contribution in [0, 0.1) is 5.92 Å². The van der Waals surface area contributed by atoms with Crippen LogP contribution in [0.2, 0.25) is 0 Å². The van der Waals surface area contributed by atoms with Gasteiger partial charge in [0, 0.05) is 12.6 Å². The van der Waals surface area contributed by atoms with Crippen LogP contribution in [-0.2, 0) is 9.53 Å². The van der Waals surface area contributed by atoms with Crippen molar-refractivity contribution in [1.29, 1.82) is 0 Å². The van der Waals surface area contributed by atoms with Gasteiger partial charge in [-0.3, -0.25) is 4.79 Å². The number of amides is 1. The molecule has 98 valence electrons. The summed E-state index contributed by atoms with van der Waals surface area (Å²) < 4.78 is 5.68. The fraction of sp³-hybridized carbons (Fsp3) is 0.929. The maximum atomic E-state index is 12.3. The molecule has 0 aromatic heterocycles. The number of carbonyl (C=O) groups excluding carboxylic acids is 1. The normalized spacial score (nSPS) is 22.7. The van der Waals surface area contributed by atoms with Crippen molar-refractivity contribution in [2.24, 2.45) is 5.92 Å². The molecule has 3 heteroatoms. The minimum absolute atomic E-state index is 0.194. The first-order chi connectivity index (χ1) is 8.22. The zero-order valence-electron chi connectivity index (χ0n) is 11.2. The number of rotatable bonds is 6. The number of carbonyl (C=O) groups is 1. The summed E-state index contributed by atoms with van der Waals surface area (Å²) in [6.45, 7) is 5.57. The Morgan fingerprint density at radius 2 is 1.94 bits per heavy atom. The van der Waals surface area contributed by atoms with Gasteiger partial charge in [-0.1, -0.05) is 12.8 Å². The molecule has 0 bridgehead atoms. The molecule has 2 aliphatic rings. The van der Waals surface area contributed by atoms with E-state index < -0.39 is 0 Å². The maximum Gasteiger partial charge on any atom is 0.251 e. The van der Waals surface area contributed by atoms with Crippen LogP contribution < -0.4 is 0 Å². The van der Waals surface area contributed by atoms with E-state index in [1.165, 1.54) is 38.5 Å². The molecule has 0 aliphatic heterocycles. The standard InChI is InChI=1S/C14H25NO2/c1-3-15(13-6-4-5-7-13)14(16)11(2)17-10-12-8-9-12/h11-13H,3-10H2,1-2H3. The van der Waals surface area contributed by atoms with Crippen molar-refractivity contribution in [3.05, 3.63) is 0 Å². The Morgan fingerprint density at radius 1 is 1.29 bits per heavy atom. The van der Waals surface area contributed by atoms with Gasteiger partial charge in [-0.2, -0.15) is 0 Å². The molecule has 1 unspecified atom stereocenters. The van der Waals surface area contributed by atoms with Crippen LogP contribution in [0.5, 0.6) is 0 Å². The molecule has 0 N–H and O–H groups in total. The highest BCUT2D eigenvalue weighted by atomic mass is 16.5. The van der Waals surface area contributed by atoms with E-state index in [4.69, 9.17) is 4.74 Å². The summed E-state index contributed by atoms with van der Waals surface area (Å²) in [5, 5.41) is 0. The first kappa shape index (κ1) is 12.9. The first-order valence-corrected chi connectivity index (χ1v) is 7.14. The molecule has 2 rings (SSSR count). The number of hydrogen-bond donors (Lipinski definition) is 0. The third-order valence-electron chi connectivity index (χ3n) is 4.02. The van der Waals surface area contributed by atoms with E-state index in [2.05, 4.69) is 6.92 Å². The third-order valence-corrected chi connectivity index (χ3v) is 4.02. The van der Waals surface area contributed by atoms with Crippen LogP contribution >= 0.6 is 0 Å². The largest absolute Gasteiger partial charge is 0.368 e. The Morgan fingerprint density at radius 3 is 2.47 bits per heavy atom. The van der Waals surface area contributed by atoms with E-state index in [1.807, 2.05) is 11.8 Å². The molecule has 2 aliphatic carbocycles. The molecule has 0 aromatic carbocycles. The van der Waals surface area contributed by atoms with Crippen LogP contribution in [0.15, 0.2) is 0 Å². The van der Waals surface area contributed by atoms with Gasteiger partial charge < -0.3 is 9.64 Å². The van der Waals surface area contributed by atoms with Gasteiger partial charge in [-0.05, 0) is 45.4 Å². The van der Waals surface area contributed by atoms with Crippen molar-refractivity contribution < 1.29 is 9.53 Å². The van der Waals surface area contributed by atoms with Crippen LogP contribution in [0.4, 0.5) is 0 Å². The molecule has 2 saturated carbocycles. The molecular weight excluding hydrogens is 214 g/mol. The van der Waals surface area contributed by atoms with Gasteiger partial charge >= 0.3 is 0 Å². The summed E-state index contributed by atoms with van der Waals surface area (Å²) in [7, 11) is 0. The molecule has 0 spiro atoms. The Labute approximate surface area is 105 Å². The molecule has 1 atom stereocenters. The maximum absolute atomic E-state index is 12.3. The molecule has 0 aromatic rings. The fourth-order valence-corrected chi connectivity index (χ4v) is 2.68. The summed E-state index contributed by atoms with van der Waals surface area (Å²) >= 11 is 0. The van der Waals surface area contributed by atoms with Gasteiger partial charge in [0.05, 0.1) is 6.61 Å². The summed E-state index contributed by atoms with van der Waals surface area (Å²) in [6, 6.07) is 0.472. The van der Waals surface area contributed by atoms with Gasteiger partial charge in [0.15, 0.2) is 0 Å². The lowest BCUT2D eigenvalue weighted by Gasteiger charge is -2.30. The quantitative estimate of drug-likeness (QED) is 0.713. The molecule has 0 heterocycles. The Hall–Kier alpha value is -0.570. The lowest BCUT2D eigenvalue weighted by atomic mass is 10.2. The van der Waals surface area contributed by atoms with Crippen molar-refractivity contribution in [3.63, 3.8) is 0 Å². The van der Waals surface area contributed by atoms with Gasteiger partial charge in [0.25, 0.3) is 5.91 Å². The van der Waals surface area contributed by atoms with E-state index >= 15 is 0 Å². The highest BCUT2D eigenvalue weighted by Gasteiger charge is 2.30. The summed E-state index contributed by atoms with van der Waals surface area (Å²) in [5.41, 5.74) is 0. The number of ether oxygens (including phenoxy) is 1. The Kier molecular flexibility index (Phi) is 4.43. The van der Waals surface area contributed by atoms with Gasteiger partial charge in [-0.15, -0.1) is 0 Å². The Bertz CT molecular complexity index is 257. The van der Waals surface area contributed by atoms with E-state index in [0.29, 0.717) is 6.04 Å². The molecule has 17 heavy (non-hydrogen) atoms. The molecular formula is C14H25NO2. The van der Waals surface area contributed by atoms with Crippen molar-refractivity contribution in [3.8, 4) is 0 Å². The Balaban J connectivity index is 1.81. The smallest absolute Gasteiger partial charge is 0.251 e. The lowest BCUT2D eigenvalue weighted by Crippen LogP contribution is -2.44. The van der Waals surface area contributed by atoms with E-state index in [0.717, 1.165) is 19.1 Å². The molecule has 1 amide bonds. The van der Waals surface area contributed by atoms with Crippen molar-refractivity contribution in [1.82, 2.24) is 4.90 Å². The van der Waals surface area contributed by atoms with Crippen LogP contribution in [0.1, 0.15) is 52.4 Å². The van der Waals surface area contributed by atoms with E-state index in [1.54, 1.807) is 0 Å². The van der Waals surface area contributed by atoms with Crippen molar-refractivity contribution in [2.75, 3.05) is 13.2 Å². The number of hydrogen-bond acceptors (Lipinski definition) is 2. The SMILES string of the molecule is CCN(C(=O)C(C)OCC1CC1)C1CCCC1. The van der Waals surface area contributed by atoms with Crippen LogP contribution in [0.25, 0.3) is 0 Å². The average Bonchev–Trinajstić information content (AvgIpc) is 3.02. The van der Waals surface area contributed by atoms with Crippen molar-refractivity contribution in [2.45, 2.75) is 64.5 Å². The van der Waals surface area contributed by atoms with E-state index in [-0.39, 0.29) is 12.0 Å². The molecule has 2 fully saturated rings. The average molecular weight is 239 g/mol. The summed E-state index contributed by atoms with van der Waals surface area (Å²) in [5.74, 6) is 0.923. The van der Waals surface area contributed by atoms with E-state index in [9.17, 15) is 4.79 Å². The van der Waals surface area contributed by atoms with Crippen LogP contribution in [0.3, 0.4) is 0 Å². The third kappa shape index (κ3) is 3.44. The molecule has 3 nitrogen and oxygen atoms in total. The monoisotopic (exact) mass is 239 g/mol. The predicted octanol–water partition coefficient (Wildman–Crippen LogP) is 2.59. The second-order valence-corrected chi connectivity index (χ2v) is 5.48. The topological polar surface area (TPSA) is 29.5 Å². The zero-order chi connectivity index (χ0) is 12.3. The zero-order valence-corrected chi connectivity index (χ0v) is 11.2. The number of nitrogens with zero attached hydrogens (tertiary/aromatic N) is 1. The van der Waals surface area contributed by atoms with Gasteiger partial charge in [0.2, 0.25) is 0 Å². The highest BCUT2D eigenvalue weighted by molar-refractivity contribution is 5.80. The number of likely N-dealkylation sites (N-methyl/N-ethyl adjacent to an activating group) is 1. The highest BCUT2D eigenvalue weighted by Crippen LogP contribution is 2.29. The van der Waals surface area contributed by atoms with Crippen molar-refractivity contribution >= 4 is 5.91 Å². The van der Waals surface area contributed by atoms with Crippen LogP contribution in [-0.4, -0.2) is 36.1 Å². The molecule has 0 radical (unpaired) electrons. The van der Waals surface area contributed by atoms with Gasteiger partial charge in [-0.25, -0.2) is 0 Å². The minimum Gasteiger partial charge on any atom is -0.368 e. The minimum atomic E-state index is -0.254. The van der Waals surface area contributed by atoms with Gasteiger partial charge in [0.1, 0.15) is 6.10 Å². The second kappa shape index (κ2) is 5.85. The lowest BCUT2D eigenvalue weighted by molar-refractivity contribution is -0.145. The second-order valence-electron chi connectivity index (χ2n) is 5.48. The molecule has 0 saturated heterocycles. The first-order valence-electron chi connectivity index (χ1n) is 7.14. The summed E-state index contributed by atoms with van der Waals surface area (Å²) in [6.07, 6.45) is 7.19. The predicted molar refractivity (Wildman–Crippen MR) is 67.8 cm³/mol.